The summed E-state index contributed by atoms with van der Waals surface area (Å²) in [7, 11) is 5.49. The summed E-state index contributed by atoms with van der Waals surface area (Å²) in [5, 5.41) is 13.4. The van der Waals surface area contributed by atoms with Crippen molar-refractivity contribution in [3.8, 4) is 5.88 Å². The second-order valence-electron chi connectivity index (χ2n) is 6.43. The second-order valence-corrected chi connectivity index (χ2v) is 6.43. The second kappa shape index (κ2) is 11.6. The summed E-state index contributed by atoms with van der Waals surface area (Å²) in [5.41, 5.74) is 2.19. The van der Waals surface area contributed by atoms with Crippen LogP contribution in [0.3, 0.4) is 0 Å². The summed E-state index contributed by atoms with van der Waals surface area (Å²) in [4.78, 5) is 25.1. The third-order valence-electron chi connectivity index (χ3n) is 4.59. The number of methoxy groups -OCH3 is 1. The number of aryl methyl sites for hydroxylation is 1. The fourth-order valence-electron chi connectivity index (χ4n) is 3.05. The number of nitrogens with one attached hydrogen (secondary N) is 3. The van der Waals surface area contributed by atoms with E-state index in [1.165, 1.54) is 6.08 Å². The van der Waals surface area contributed by atoms with Crippen molar-refractivity contribution in [3.05, 3.63) is 25.2 Å². The van der Waals surface area contributed by atoms with Crippen LogP contribution in [0.5, 0.6) is 5.88 Å². The van der Waals surface area contributed by atoms with E-state index in [2.05, 4.69) is 37.3 Å². The van der Waals surface area contributed by atoms with E-state index in [-0.39, 0.29) is 0 Å². The predicted molar refractivity (Wildman–Crippen MR) is 122 cm³/mol. The van der Waals surface area contributed by atoms with Crippen LogP contribution >= 0.6 is 0 Å². The van der Waals surface area contributed by atoms with Crippen LogP contribution in [0, 0.1) is 0 Å². The lowest BCUT2D eigenvalue weighted by atomic mass is 10.3. The molecule has 1 saturated heterocycles. The van der Waals surface area contributed by atoms with Crippen LogP contribution < -0.4 is 20.3 Å². The highest BCUT2D eigenvalue weighted by atomic mass is 16.5. The van der Waals surface area contributed by atoms with Crippen molar-refractivity contribution >= 4 is 34.9 Å². The Balaban J connectivity index is 0.000000513. The van der Waals surface area contributed by atoms with Gasteiger partial charge in [0.15, 0.2) is 17.0 Å². The summed E-state index contributed by atoms with van der Waals surface area (Å²) < 4.78 is 7.16. The van der Waals surface area contributed by atoms with E-state index in [0.29, 0.717) is 41.2 Å². The van der Waals surface area contributed by atoms with E-state index in [4.69, 9.17) is 19.5 Å². The molecular weight excluding hydrogens is 398 g/mol. The van der Waals surface area contributed by atoms with E-state index in [1.807, 2.05) is 32.5 Å². The molecule has 11 nitrogen and oxygen atoms in total. The Morgan fingerprint density at radius 3 is 2.71 bits per heavy atom. The SMILES string of the molecule is C=CC=O.CC.CNC1CCN(c2nc(Nc3cn[nH]c3OC)c3ncn(C)c3n2)C1. The standard InChI is InChI=1S/C15H21N9O.C3H4O.C2H6/c1-16-9-4-5-24(7-9)15-20-12(11-13(21-15)23(2)8-17-11)19-10-6-18-22-14(10)25-3;1-2-3-4;1-2/h6,8-9,16H,4-5,7H2,1-3H3,(H,18,22)(H,19,20,21);2-3H,1H2;1-2H3. The third-order valence-corrected chi connectivity index (χ3v) is 4.59. The van der Waals surface area contributed by atoms with Gasteiger partial charge < -0.3 is 24.8 Å². The lowest BCUT2D eigenvalue weighted by molar-refractivity contribution is -0.104. The molecule has 4 rings (SSSR count). The molecule has 1 fully saturated rings. The number of carbonyl (C=O) groups is 1. The Hall–Kier alpha value is -3.47. The Morgan fingerprint density at radius 2 is 2.10 bits per heavy atom. The third kappa shape index (κ3) is 5.57. The minimum Gasteiger partial charge on any atom is -0.480 e. The molecule has 3 N–H and O–H groups in total. The number of allylic oxidation sites excluding steroid dienone is 1. The van der Waals surface area contributed by atoms with Gasteiger partial charge >= 0.3 is 0 Å². The number of fused-ring (bicyclic) bond motifs is 1. The van der Waals surface area contributed by atoms with Gasteiger partial charge in [-0.25, -0.2) is 10.1 Å². The molecule has 0 amide bonds. The molecule has 0 aliphatic carbocycles. The van der Waals surface area contributed by atoms with E-state index in [9.17, 15) is 0 Å². The number of likely N-dealkylation sites (N-methyl/N-ethyl adjacent to an activating group) is 1. The van der Waals surface area contributed by atoms with Gasteiger partial charge in [-0.2, -0.15) is 15.1 Å². The normalized spacial score (nSPS) is 14.9. The molecule has 168 valence electrons. The summed E-state index contributed by atoms with van der Waals surface area (Å²) in [6.45, 7) is 8.91. The van der Waals surface area contributed by atoms with Gasteiger partial charge in [-0.05, 0) is 19.5 Å². The molecule has 0 aromatic carbocycles. The molecule has 0 bridgehead atoms. The zero-order chi connectivity index (χ0) is 22.8. The van der Waals surface area contributed by atoms with Crippen molar-refractivity contribution in [2.24, 2.45) is 7.05 Å². The van der Waals surface area contributed by atoms with Crippen LogP contribution in [0.25, 0.3) is 11.2 Å². The van der Waals surface area contributed by atoms with E-state index < -0.39 is 0 Å². The Morgan fingerprint density at radius 1 is 1.35 bits per heavy atom. The van der Waals surface area contributed by atoms with Gasteiger partial charge in [0, 0.05) is 26.2 Å². The number of nitrogens with zero attached hydrogens (tertiary/aromatic N) is 6. The highest BCUT2D eigenvalue weighted by Crippen LogP contribution is 2.29. The minimum atomic E-state index is 0.455. The summed E-state index contributed by atoms with van der Waals surface area (Å²) in [6, 6.07) is 0.455. The lowest BCUT2D eigenvalue weighted by Crippen LogP contribution is -2.30. The molecule has 31 heavy (non-hydrogen) atoms. The molecule has 1 atom stereocenters. The first-order valence-corrected chi connectivity index (χ1v) is 10.1. The number of anilines is 3. The van der Waals surface area contributed by atoms with Crippen molar-refractivity contribution in [1.82, 2.24) is 35.0 Å². The monoisotopic (exact) mass is 429 g/mol. The van der Waals surface area contributed by atoms with Crippen LogP contribution in [0.2, 0.25) is 0 Å². The van der Waals surface area contributed by atoms with Gasteiger partial charge in [-0.15, -0.1) is 0 Å². The Labute approximate surface area is 181 Å². The first kappa shape index (κ1) is 23.8. The molecule has 11 heteroatoms. The van der Waals surface area contributed by atoms with E-state index in [0.717, 1.165) is 25.2 Å². The number of carbonyl (C=O) groups excluding carboxylic acids is 1. The maximum atomic E-state index is 9.06. The number of aromatic nitrogens is 6. The number of ether oxygens (including phenoxy) is 1. The molecule has 4 heterocycles. The van der Waals surface area contributed by atoms with Crippen molar-refractivity contribution in [1.29, 1.82) is 0 Å². The van der Waals surface area contributed by atoms with Gasteiger partial charge in [0.05, 0.1) is 19.6 Å². The first-order valence-electron chi connectivity index (χ1n) is 10.1. The number of hydrogen-bond donors (Lipinski definition) is 3. The van der Waals surface area contributed by atoms with Gasteiger partial charge in [-0.1, -0.05) is 20.4 Å². The van der Waals surface area contributed by atoms with Crippen LogP contribution in [-0.4, -0.2) is 69.3 Å². The number of rotatable bonds is 6. The molecule has 0 saturated carbocycles. The topological polar surface area (TPSA) is 126 Å². The summed E-state index contributed by atoms with van der Waals surface area (Å²) in [5.74, 6) is 1.87. The average molecular weight is 430 g/mol. The number of hydrogen-bond acceptors (Lipinski definition) is 9. The fraction of sp³-hybridized carbons (Fsp3) is 0.450. The number of aldehydes is 1. The smallest absolute Gasteiger partial charge is 0.233 e. The fourth-order valence-corrected chi connectivity index (χ4v) is 3.05. The van der Waals surface area contributed by atoms with E-state index in [1.54, 1.807) is 19.6 Å². The van der Waals surface area contributed by atoms with Gasteiger partial charge in [0.2, 0.25) is 11.8 Å². The first-order chi connectivity index (χ1) is 15.1. The van der Waals surface area contributed by atoms with Crippen LogP contribution in [0.4, 0.5) is 17.5 Å². The van der Waals surface area contributed by atoms with Crippen molar-refractivity contribution in [2.75, 3.05) is 37.5 Å². The summed E-state index contributed by atoms with van der Waals surface area (Å²) in [6.07, 6.45) is 6.30. The maximum Gasteiger partial charge on any atom is 0.233 e. The minimum absolute atomic E-state index is 0.455. The van der Waals surface area contributed by atoms with Crippen molar-refractivity contribution in [2.45, 2.75) is 26.3 Å². The molecule has 1 unspecified atom stereocenters. The summed E-state index contributed by atoms with van der Waals surface area (Å²) >= 11 is 0. The van der Waals surface area contributed by atoms with Crippen LogP contribution in [-0.2, 0) is 11.8 Å². The number of H-pyrrole nitrogens is 1. The van der Waals surface area contributed by atoms with Crippen molar-refractivity contribution in [3.63, 3.8) is 0 Å². The number of aromatic amines is 1. The van der Waals surface area contributed by atoms with Crippen molar-refractivity contribution < 1.29 is 9.53 Å². The van der Waals surface area contributed by atoms with Crippen LogP contribution in [0.1, 0.15) is 20.3 Å². The molecule has 1 aliphatic heterocycles. The Kier molecular flexibility index (Phi) is 8.94. The highest BCUT2D eigenvalue weighted by molar-refractivity contribution is 5.87. The van der Waals surface area contributed by atoms with Gasteiger partial charge in [-0.3, -0.25) is 4.79 Å². The highest BCUT2D eigenvalue weighted by Gasteiger charge is 2.25. The zero-order valence-corrected chi connectivity index (χ0v) is 18.7. The quantitative estimate of drug-likeness (QED) is 0.398. The largest absolute Gasteiger partial charge is 0.480 e. The van der Waals surface area contributed by atoms with Gasteiger partial charge in [0.1, 0.15) is 12.0 Å². The average Bonchev–Trinajstić information content (AvgIpc) is 3.55. The molecule has 0 spiro atoms. The Bertz CT molecular complexity index is 976. The predicted octanol–water partition coefficient (Wildman–Crippen LogP) is 2.03. The molecule has 3 aromatic rings. The molecule has 0 radical (unpaired) electrons. The molecular formula is C20H31N9O2. The van der Waals surface area contributed by atoms with E-state index >= 15 is 0 Å². The molecule has 1 aliphatic rings. The zero-order valence-electron chi connectivity index (χ0n) is 18.7. The van der Waals surface area contributed by atoms with Crippen LogP contribution in [0.15, 0.2) is 25.2 Å². The van der Waals surface area contributed by atoms with Gasteiger partial charge in [0.25, 0.3) is 0 Å². The number of imidazole rings is 1. The molecule has 3 aromatic heterocycles. The maximum absolute atomic E-state index is 9.06. The lowest BCUT2D eigenvalue weighted by Gasteiger charge is -2.17.